The molecule has 0 aliphatic carbocycles. The lowest BCUT2D eigenvalue weighted by molar-refractivity contribution is 0.133. The molecule has 1 atom stereocenters. The first-order chi connectivity index (χ1) is 5.16. The summed E-state index contributed by atoms with van der Waals surface area (Å²) in [4.78, 5) is 0. The highest BCUT2D eigenvalue weighted by Crippen LogP contribution is 2.10. The molecule has 0 aliphatic rings. The van der Waals surface area contributed by atoms with Crippen LogP contribution in [0.5, 0.6) is 0 Å². The first-order valence-electron chi connectivity index (χ1n) is 4.45. The number of aliphatic hydroxyl groups is 2. The number of aliphatic hydroxyl groups excluding tert-OH is 2. The van der Waals surface area contributed by atoms with Crippen LogP contribution in [-0.2, 0) is 0 Å². The molecule has 0 heterocycles. The largest absolute Gasteiger partial charge is 0.396 e. The molecule has 2 N–H and O–H groups in total. The van der Waals surface area contributed by atoms with Gasteiger partial charge in [0, 0.05) is 6.61 Å². The lowest BCUT2D eigenvalue weighted by Gasteiger charge is -2.11. The van der Waals surface area contributed by atoms with Gasteiger partial charge in [-0.15, -0.1) is 0 Å². The summed E-state index contributed by atoms with van der Waals surface area (Å²) in [6.45, 7) is 4.46. The van der Waals surface area contributed by atoms with Crippen molar-refractivity contribution < 1.29 is 10.2 Å². The van der Waals surface area contributed by atoms with Crippen molar-refractivity contribution in [1.82, 2.24) is 0 Å². The first-order valence-corrected chi connectivity index (χ1v) is 4.45. The van der Waals surface area contributed by atoms with Crippen molar-refractivity contribution in [3.8, 4) is 0 Å². The molecule has 0 aromatic carbocycles. The van der Waals surface area contributed by atoms with Crippen molar-refractivity contribution in [2.75, 3.05) is 6.61 Å². The SMILES string of the molecule is CC(C)C[C@H](O)CCCCO. The quantitative estimate of drug-likeness (QED) is 0.579. The molecule has 0 fully saturated rings. The Hall–Kier alpha value is -0.0800. The van der Waals surface area contributed by atoms with Crippen LogP contribution in [0, 0.1) is 5.92 Å². The molecule has 2 heteroatoms. The monoisotopic (exact) mass is 160 g/mol. The van der Waals surface area contributed by atoms with E-state index in [2.05, 4.69) is 13.8 Å². The third-order valence-electron chi connectivity index (χ3n) is 1.69. The second-order valence-corrected chi connectivity index (χ2v) is 3.50. The zero-order chi connectivity index (χ0) is 8.69. The number of rotatable bonds is 6. The van der Waals surface area contributed by atoms with Gasteiger partial charge in [-0.3, -0.25) is 0 Å². The Balaban J connectivity index is 3.15. The van der Waals surface area contributed by atoms with Gasteiger partial charge in [0.25, 0.3) is 0 Å². The summed E-state index contributed by atoms with van der Waals surface area (Å²) >= 11 is 0. The van der Waals surface area contributed by atoms with E-state index in [1.165, 1.54) is 0 Å². The lowest BCUT2D eigenvalue weighted by atomic mass is 10.0. The first kappa shape index (κ1) is 10.9. The lowest BCUT2D eigenvalue weighted by Crippen LogP contribution is -2.09. The van der Waals surface area contributed by atoms with Gasteiger partial charge in [-0.05, 0) is 31.6 Å². The molecule has 0 aliphatic heterocycles. The van der Waals surface area contributed by atoms with Crippen LogP contribution in [0.25, 0.3) is 0 Å². The van der Waals surface area contributed by atoms with E-state index >= 15 is 0 Å². The molecule has 0 radical (unpaired) electrons. The van der Waals surface area contributed by atoms with E-state index in [4.69, 9.17) is 5.11 Å². The maximum absolute atomic E-state index is 9.36. The van der Waals surface area contributed by atoms with Crippen molar-refractivity contribution in [1.29, 1.82) is 0 Å². The fourth-order valence-electron chi connectivity index (χ4n) is 1.15. The molecule has 0 amide bonds. The maximum Gasteiger partial charge on any atom is 0.0542 e. The van der Waals surface area contributed by atoms with Crippen molar-refractivity contribution in [3.63, 3.8) is 0 Å². The molecule has 0 spiro atoms. The van der Waals surface area contributed by atoms with Crippen molar-refractivity contribution >= 4 is 0 Å². The average Bonchev–Trinajstić information content (AvgIpc) is 1.86. The van der Waals surface area contributed by atoms with Gasteiger partial charge in [-0.25, -0.2) is 0 Å². The summed E-state index contributed by atoms with van der Waals surface area (Å²) in [7, 11) is 0. The molecule has 68 valence electrons. The maximum atomic E-state index is 9.36. The van der Waals surface area contributed by atoms with Crippen LogP contribution in [0.15, 0.2) is 0 Å². The molecule has 0 aromatic heterocycles. The van der Waals surface area contributed by atoms with Crippen LogP contribution < -0.4 is 0 Å². The fourth-order valence-corrected chi connectivity index (χ4v) is 1.15. The van der Waals surface area contributed by atoms with Crippen LogP contribution in [-0.4, -0.2) is 22.9 Å². The molecule has 0 bridgehead atoms. The third-order valence-corrected chi connectivity index (χ3v) is 1.69. The minimum absolute atomic E-state index is 0.165. The Labute approximate surface area is 69.2 Å². The van der Waals surface area contributed by atoms with Gasteiger partial charge < -0.3 is 10.2 Å². The van der Waals surface area contributed by atoms with E-state index in [0.717, 1.165) is 25.7 Å². The summed E-state index contributed by atoms with van der Waals surface area (Å²) in [6.07, 6.45) is 3.30. The third kappa shape index (κ3) is 7.82. The van der Waals surface area contributed by atoms with Gasteiger partial charge >= 0.3 is 0 Å². The Morgan fingerprint density at radius 3 is 2.27 bits per heavy atom. The molecule has 0 saturated heterocycles. The number of hydrogen-bond donors (Lipinski definition) is 2. The van der Waals surface area contributed by atoms with E-state index in [1.807, 2.05) is 0 Å². The molecule has 0 rings (SSSR count). The van der Waals surface area contributed by atoms with E-state index < -0.39 is 0 Å². The normalized spacial score (nSPS) is 13.9. The second kappa shape index (κ2) is 6.62. The summed E-state index contributed by atoms with van der Waals surface area (Å²) in [6, 6.07) is 0. The van der Waals surface area contributed by atoms with Crippen LogP contribution in [0.1, 0.15) is 39.5 Å². The molecule has 11 heavy (non-hydrogen) atoms. The van der Waals surface area contributed by atoms with Crippen LogP contribution in [0.3, 0.4) is 0 Å². The van der Waals surface area contributed by atoms with E-state index in [0.29, 0.717) is 5.92 Å². The van der Waals surface area contributed by atoms with Crippen LogP contribution in [0.2, 0.25) is 0 Å². The predicted octanol–water partition coefficient (Wildman–Crippen LogP) is 1.56. The zero-order valence-corrected chi connectivity index (χ0v) is 7.58. The Kier molecular flexibility index (Phi) is 6.57. The van der Waals surface area contributed by atoms with Crippen molar-refractivity contribution in [2.24, 2.45) is 5.92 Å². The Morgan fingerprint density at radius 1 is 1.18 bits per heavy atom. The molecule has 2 nitrogen and oxygen atoms in total. The molecule has 0 aromatic rings. The van der Waals surface area contributed by atoms with Gasteiger partial charge in [0.15, 0.2) is 0 Å². The molecule has 0 unspecified atom stereocenters. The van der Waals surface area contributed by atoms with Gasteiger partial charge in [0.05, 0.1) is 6.10 Å². The number of hydrogen-bond acceptors (Lipinski definition) is 2. The molecular weight excluding hydrogens is 140 g/mol. The van der Waals surface area contributed by atoms with Crippen molar-refractivity contribution in [2.45, 2.75) is 45.6 Å². The van der Waals surface area contributed by atoms with Gasteiger partial charge in [0.1, 0.15) is 0 Å². The predicted molar refractivity (Wildman–Crippen MR) is 46.4 cm³/mol. The highest BCUT2D eigenvalue weighted by molar-refractivity contribution is 4.58. The minimum Gasteiger partial charge on any atom is -0.396 e. The summed E-state index contributed by atoms with van der Waals surface area (Å²) in [5, 5.41) is 17.8. The van der Waals surface area contributed by atoms with E-state index in [9.17, 15) is 5.11 Å². The minimum atomic E-state index is -0.165. The zero-order valence-electron chi connectivity index (χ0n) is 7.58. The molecular formula is C9H20O2. The van der Waals surface area contributed by atoms with Crippen LogP contribution >= 0.6 is 0 Å². The van der Waals surface area contributed by atoms with E-state index in [-0.39, 0.29) is 12.7 Å². The highest BCUT2D eigenvalue weighted by atomic mass is 16.3. The molecule has 0 saturated carbocycles. The number of unbranched alkanes of at least 4 members (excludes halogenated alkanes) is 1. The van der Waals surface area contributed by atoms with Gasteiger partial charge in [0.2, 0.25) is 0 Å². The Bertz CT molecular complexity index is 81.6. The second-order valence-electron chi connectivity index (χ2n) is 3.50. The summed E-state index contributed by atoms with van der Waals surface area (Å²) in [5.74, 6) is 0.569. The smallest absolute Gasteiger partial charge is 0.0542 e. The fraction of sp³-hybridized carbons (Fsp3) is 1.00. The van der Waals surface area contributed by atoms with Gasteiger partial charge in [-0.1, -0.05) is 13.8 Å². The summed E-state index contributed by atoms with van der Waals surface area (Å²) in [5.41, 5.74) is 0. The van der Waals surface area contributed by atoms with E-state index in [1.54, 1.807) is 0 Å². The topological polar surface area (TPSA) is 40.5 Å². The van der Waals surface area contributed by atoms with Gasteiger partial charge in [-0.2, -0.15) is 0 Å². The highest BCUT2D eigenvalue weighted by Gasteiger charge is 2.05. The van der Waals surface area contributed by atoms with Crippen LogP contribution in [0.4, 0.5) is 0 Å². The Morgan fingerprint density at radius 2 is 1.82 bits per heavy atom. The summed E-state index contributed by atoms with van der Waals surface area (Å²) < 4.78 is 0. The average molecular weight is 160 g/mol. The standard InChI is InChI=1S/C9H20O2/c1-8(2)7-9(11)5-3-4-6-10/h8-11H,3-7H2,1-2H3/t9-/m1/s1. The van der Waals surface area contributed by atoms with Crippen molar-refractivity contribution in [3.05, 3.63) is 0 Å².